The van der Waals surface area contributed by atoms with Crippen LogP contribution < -0.4 is 0 Å². The highest BCUT2D eigenvalue weighted by atomic mass is 15.0. The molecule has 8 rings (SSSR count). The van der Waals surface area contributed by atoms with E-state index >= 15 is 0 Å². The molecule has 0 aliphatic carbocycles. The highest BCUT2D eigenvalue weighted by molar-refractivity contribution is 5.98. The minimum atomic E-state index is -0.441. The summed E-state index contributed by atoms with van der Waals surface area (Å²) in [7, 11) is 0. The predicted molar refractivity (Wildman–Crippen MR) is 176 cm³/mol. The maximum absolute atomic E-state index is 9.57. The summed E-state index contributed by atoms with van der Waals surface area (Å²) < 4.78 is 92.2. The van der Waals surface area contributed by atoms with Crippen molar-refractivity contribution < 1.29 is 13.7 Å². The van der Waals surface area contributed by atoms with Crippen LogP contribution in [0.4, 0.5) is 0 Å². The van der Waals surface area contributed by atoms with Gasteiger partial charge in [-0.05, 0) is 52.5 Å². The third kappa shape index (κ3) is 4.13. The average Bonchev–Trinajstić information content (AvgIpc) is 3.66. The van der Waals surface area contributed by atoms with Crippen LogP contribution in [-0.4, -0.2) is 9.13 Å². The molecule has 0 spiro atoms. The predicted octanol–water partition coefficient (Wildman–Crippen LogP) is 10.6. The molecular weight excluding hydrogens is 508 g/mol. The van der Waals surface area contributed by atoms with E-state index in [0.717, 1.165) is 5.56 Å². The number of nitrogens with zero attached hydrogens (tertiary/aromatic N) is 2. The van der Waals surface area contributed by atoms with Gasteiger partial charge in [-0.25, -0.2) is 0 Å². The molecule has 42 heavy (non-hydrogen) atoms. The topological polar surface area (TPSA) is 9.86 Å². The molecule has 0 saturated carbocycles. The minimum Gasteiger partial charge on any atom is -0.316 e. The smallest absolute Gasteiger partial charge is 0.0829 e. The molecular formula is C40H28N2. The molecule has 0 bridgehead atoms. The van der Waals surface area contributed by atoms with Gasteiger partial charge in [0.15, 0.2) is 0 Å². The second-order valence-electron chi connectivity index (χ2n) is 9.93. The quantitative estimate of drug-likeness (QED) is 0.203. The summed E-state index contributed by atoms with van der Waals surface area (Å²) >= 11 is 0. The fourth-order valence-electron chi connectivity index (χ4n) is 5.42. The molecule has 0 unspecified atom stereocenters. The molecule has 8 aromatic rings. The van der Waals surface area contributed by atoms with Crippen LogP contribution in [0.1, 0.15) is 13.7 Å². The molecule has 0 fully saturated rings. The fourth-order valence-corrected chi connectivity index (χ4v) is 5.42. The zero-order valence-corrected chi connectivity index (χ0v) is 22.3. The lowest BCUT2D eigenvalue weighted by molar-refractivity contribution is 1.09. The second-order valence-corrected chi connectivity index (χ2v) is 9.93. The van der Waals surface area contributed by atoms with Crippen molar-refractivity contribution in [3.63, 3.8) is 0 Å². The van der Waals surface area contributed by atoms with Crippen molar-refractivity contribution in [2.24, 2.45) is 0 Å². The number of hydrogen-bond acceptors (Lipinski definition) is 0. The van der Waals surface area contributed by atoms with Gasteiger partial charge in [0.1, 0.15) is 0 Å². The van der Waals surface area contributed by atoms with Gasteiger partial charge in [-0.15, -0.1) is 0 Å². The first-order valence-corrected chi connectivity index (χ1v) is 13.6. The van der Waals surface area contributed by atoms with Gasteiger partial charge in [-0.1, -0.05) is 127 Å². The van der Waals surface area contributed by atoms with E-state index in [9.17, 15) is 2.74 Å². The van der Waals surface area contributed by atoms with E-state index in [-0.39, 0.29) is 58.3 Å². The summed E-state index contributed by atoms with van der Waals surface area (Å²) in [5.74, 6) is 0. The zero-order chi connectivity index (χ0) is 36.6. The molecule has 0 radical (unpaired) electrons. The van der Waals surface area contributed by atoms with Gasteiger partial charge in [0.2, 0.25) is 0 Å². The third-order valence-electron chi connectivity index (χ3n) is 7.38. The number of hydrogen-bond donors (Lipinski definition) is 0. The summed E-state index contributed by atoms with van der Waals surface area (Å²) in [5.41, 5.74) is 4.27. The Kier molecular flexibility index (Phi) is 3.85. The van der Waals surface area contributed by atoms with E-state index in [1.54, 1.807) is 54.6 Å². The number of para-hydroxylation sites is 2. The van der Waals surface area contributed by atoms with Crippen molar-refractivity contribution in [3.8, 4) is 44.8 Å². The molecule has 0 N–H and O–H groups in total. The Labute approximate surface area is 259 Å². The van der Waals surface area contributed by atoms with E-state index in [1.165, 1.54) is 9.13 Å². The standard InChI is InChI=1S/C40H28N2/c1-4-14-29(15-5-1)32-24-33(41-27-37(30-16-6-2-7-17-30)35-20-10-12-22-39(35)41)26-34(25-32)42-28-38(31-18-8-3-9-19-31)36-21-11-13-23-40(36)42/h1-28H/i10D,11D,12D,13D,20D,21D,22D,23D,27D,28D. The van der Waals surface area contributed by atoms with Gasteiger partial charge < -0.3 is 9.13 Å². The van der Waals surface area contributed by atoms with Gasteiger partial charge >= 0.3 is 0 Å². The lowest BCUT2D eigenvalue weighted by Crippen LogP contribution is -1.98. The number of rotatable bonds is 5. The third-order valence-corrected chi connectivity index (χ3v) is 7.38. The Morgan fingerprint density at radius 1 is 0.405 bits per heavy atom. The average molecular weight is 547 g/mol. The minimum absolute atomic E-state index is 0.0697. The van der Waals surface area contributed by atoms with Gasteiger partial charge in [0, 0.05) is 45.6 Å². The number of fused-ring (bicyclic) bond motifs is 2. The number of aromatic nitrogens is 2. The molecule has 2 heteroatoms. The highest BCUT2D eigenvalue weighted by Crippen LogP contribution is 2.37. The highest BCUT2D eigenvalue weighted by Gasteiger charge is 2.16. The summed E-state index contributed by atoms with van der Waals surface area (Å²) in [6.07, 6.45) is -0.139. The van der Waals surface area contributed by atoms with Crippen molar-refractivity contribution in [3.05, 3.63) is 170 Å². The van der Waals surface area contributed by atoms with Crippen molar-refractivity contribution in [1.29, 1.82) is 0 Å². The molecule has 0 aliphatic rings. The normalized spacial score (nSPS) is 14.7. The summed E-state index contributed by atoms with van der Waals surface area (Å²) in [5, 5.41) is 0.392. The van der Waals surface area contributed by atoms with Crippen LogP contribution in [-0.2, 0) is 0 Å². The summed E-state index contributed by atoms with van der Waals surface area (Å²) in [4.78, 5) is 0. The van der Waals surface area contributed by atoms with Crippen LogP contribution >= 0.6 is 0 Å². The maximum atomic E-state index is 9.57. The Bertz CT molecular complexity index is 2550. The molecule has 2 heterocycles. The molecule has 0 aliphatic heterocycles. The van der Waals surface area contributed by atoms with Crippen LogP contribution in [0.25, 0.3) is 66.6 Å². The van der Waals surface area contributed by atoms with Gasteiger partial charge in [-0.2, -0.15) is 0 Å². The van der Waals surface area contributed by atoms with Crippen LogP contribution in [0, 0.1) is 0 Å². The van der Waals surface area contributed by atoms with E-state index in [1.807, 2.05) is 54.6 Å². The SMILES string of the molecule is [2H]c1c([2H])c([2H])c2c(c1[2H])c(-c1ccccc1)c([2H])n2-c1cc(-c2ccccc2)cc(-n2c([2H])c(-c3ccccc3)c3c([2H])c([2H])c([2H])c([2H])c32)c1. The Morgan fingerprint density at radius 2 is 0.810 bits per heavy atom. The fraction of sp³-hybridized carbons (Fsp3) is 0. The van der Waals surface area contributed by atoms with Crippen molar-refractivity contribution in [2.45, 2.75) is 0 Å². The monoisotopic (exact) mass is 546 g/mol. The van der Waals surface area contributed by atoms with Crippen molar-refractivity contribution in [1.82, 2.24) is 9.13 Å². The molecule has 198 valence electrons. The van der Waals surface area contributed by atoms with E-state index in [2.05, 4.69) is 0 Å². The lowest BCUT2D eigenvalue weighted by atomic mass is 10.0. The first-order valence-electron chi connectivity index (χ1n) is 18.6. The van der Waals surface area contributed by atoms with Crippen LogP contribution in [0.15, 0.2) is 170 Å². The van der Waals surface area contributed by atoms with Crippen molar-refractivity contribution >= 4 is 21.8 Å². The Balaban J connectivity index is 1.54. The van der Waals surface area contributed by atoms with Crippen LogP contribution in [0.5, 0.6) is 0 Å². The summed E-state index contributed by atoms with van der Waals surface area (Å²) in [6.45, 7) is 0. The molecule has 0 amide bonds. The lowest BCUT2D eigenvalue weighted by Gasteiger charge is -2.14. The van der Waals surface area contributed by atoms with E-state index in [0.29, 0.717) is 39.2 Å². The molecule has 6 aromatic carbocycles. The maximum Gasteiger partial charge on any atom is 0.0829 e. The summed E-state index contributed by atoms with van der Waals surface area (Å²) in [6, 6.07) is 29.9. The molecule has 0 saturated heterocycles. The second kappa shape index (κ2) is 10.1. The van der Waals surface area contributed by atoms with E-state index < -0.39 is 24.2 Å². The van der Waals surface area contributed by atoms with Gasteiger partial charge in [0.25, 0.3) is 0 Å². The van der Waals surface area contributed by atoms with E-state index in [4.69, 9.17) is 11.0 Å². The molecule has 2 aromatic heterocycles. The largest absolute Gasteiger partial charge is 0.316 e. The van der Waals surface area contributed by atoms with Crippen molar-refractivity contribution in [2.75, 3.05) is 0 Å². The zero-order valence-electron chi connectivity index (χ0n) is 32.3. The first-order chi connectivity index (χ1) is 25.0. The van der Waals surface area contributed by atoms with Gasteiger partial charge in [-0.3, -0.25) is 0 Å². The molecule has 2 nitrogen and oxygen atoms in total. The van der Waals surface area contributed by atoms with Crippen LogP contribution in [0.3, 0.4) is 0 Å². The number of benzene rings is 6. The van der Waals surface area contributed by atoms with Crippen LogP contribution in [0.2, 0.25) is 0 Å². The Hall–Kier alpha value is -5.60. The molecule has 0 atom stereocenters. The van der Waals surface area contributed by atoms with Gasteiger partial charge in [0.05, 0.1) is 24.7 Å². The first kappa shape index (κ1) is 16.0. The Morgan fingerprint density at radius 3 is 1.26 bits per heavy atom.